The number of aromatic nitrogens is 3. The Balaban J connectivity index is 1.16. The molecule has 3 aliphatic rings. The van der Waals surface area contributed by atoms with E-state index < -0.39 is 0 Å². The third kappa shape index (κ3) is 4.33. The maximum atomic E-state index is 13.2. The molecule has 30 heavy (non-hydrogen) atoms. The summed E-state index contributed by atoms with van der Waals surface area (Å²) >= 11 is 0. The van der Waals surface area contributed by atoms with Crippen LogP contribution < -0.4 is 4.90 Å². The van der Waals surface area contributed by atoms with Gasteiger partial charge in [-0.1, -0.05) is 5.16 Å². The van der Waals surface area contributed by atoms with E-state index in [4.69, 9.17) is 4.52 Å². The van der Waals surface area contributed by atoms with Crippen molar-refractivity contribution in [2.45, 2.75) is 32.6 Å². The Labute approximate surface area is 177 Å². The number of pyridine rings is 1. The van der Waals surface area contributed by atoms with E-state index in [0.29, 0.717) is 23.3 Å². The van der Waals surface area contributed by atoms with Crippen LogP contribution in [0.1, 0.15) is 31.6 Å². The maximum absolute atomic E-state index is 13.2. The van der Waals surface area contributed by atoms with Gasteiger partial charge in [-0.05, 0) is 50.3 Å². The van der Waals surface area contributed by atoms with Gasteiger partial charge in [0.1, 0.15) is 5.69 Å². The summed E-state index contributed by atoms with van der Waals surface area (Å²) in [6.45, 7) is 8.59. The quantitative estimate of drug-likeness (QED) is 0.748. The lowest BCUT2D eigenvalue weighted by molar-refractivity contribution is -0.134. The van der Waals surface area contributed by atoms with E-state index >= 15 is 0 Å². The molecule has 2 saturated heterocycles. The highest BCUT2D eigenvalue weighted by Gasteiger charge is 2.33. The first-order valence-electron chi connectivity index (χ1n) is 11.2. The van der Waals surface area contributed by atoms with E-state index in [9.17, 15) is 4.79 Å². The second-order valence-corrected chi connectivity index (χ2v) is 8.89. The van der Waals surface area contributed by atoms with Crippen molar-refractivity contribution >= 4 is 11.6 Å². The summed E-state index contributed by atoms with van der Waals surface area (Å²) < 4.78 is 5.03. The van der Waals surface area contributed by atoms with Crippen molar-refractivity contribution < 1.29 is 9.32 Å². The Kier molecular flexibility index (Phi) is 5.41. The van der Waals surface area contributed by atoms with Gasteiger partial charge in [-0.25, -0.2) is 0 Å². The molecule has 0 aromatic carbocycles. The molecule has 0 radical (unpaired) electrons. The highest BCUT2D eigenvalue weighted by atomic mass is 16.5. The Morgan fingerprint density at radius 1 is 1.13 bits per heavy atom. The fourth-order valence-corrected chi connectivity index (χ4v) is 4.60. The monoisotopic (exact) mass is 410 g/mol. The van der Waals surface area contributed by atoms with Crippen LogP contribution >= 0.6 is 0 Å². The largest absolute Gasteiger partial charge is 0.369 e. The van der Waals surface area contributed by atoms with Crippen molar-refractivity contribution in [2.75, 3.05) is 50.7 Å². The number of carbonyl (C=O) groups is 1. The van der Waals surface area contributed by atoms with Crippen molar-refractivity contribution in [2.24, 2.45) is 11.8 Å². The molecule has 2 aromatic rings. The summed E-state index contributed by atoms with van der Waals surface area (Å²) in [5.74, 6) is 2.36. The Morgan fingerprint density at radius 2 is 2.03 bits per heavy atom. The third-order valence-corrected chi connectivity index (χ3v) is 6.52. The van der Waals surface area contributed by atoms with Crippen LogP contribution in [0.2, 0.25) is 0 Å². The Morgan fingerprint density at radius 3 is 2.77 bits per heavy atom. The summed E-state index contributed by atoms with van der Waals surface area (Å²) in [5.41, 5.74) is 1.74. The number of carbonyl (C=O) groups excluding carboxylic acids is 1. The molecule has 2 aliphatic heterocycles. The lowest BCUT2D eigenvalue weighted by atomic mass is 10.1. The lowest BCUT2D eigenvalue weighted by Gasteiger charge is -2.25. The SMILES string of the molecule is Cc1nc(-c2ccc(N3CC[C@H](C(=O)N4CCCN(CC5CC5)CC4)C3)cn2)no1. The van der Waals surface area contributed by atoms with Gasteiger partial charge in [0.25, 0.3) is 0 Å². The van der Waals surface area contributed by atoms with E-state index in [1.165, 1.54) is 19.4 Å². The minimum atomic E-state index is 0.0829. The van der Waals surface area contributed by atoms with Gasteiger partial charge in [-0.15, -0.1) is 0 Å². The van der Waals surface area contributed by atoms with Crippen LogP contribution in [-0.2, 0) is 4.79 Å². The molecule has 0 spiro atoms. The minimum Gasteiger partial charge on any atom is -0.369 e. The molecule has 1 atom stereocenters. The van der Waals surface area contributed by atoms with Crippen LogP contribution in [-0.4, -0.2) is 76.6 Å². The van der Waals surface area contributed by atoms with Crippen molar-refractivity contribution in [3.63, 3.8) is 0 Å². The molecule has 1 saturated carbocycles. The first-order chi connectivity index (χ1) is 14.7. The van der Waals surface area contributed by atoms with Gasteiger partial charge >= 0.3 is 0 Å². The number of hydrogen-bond acceptors (Lipinski definition) is 7. The van der Waals surface area contributed by atoms with Crippen molar-refractivity contribution in [1.29, 1.82) is 0 Å². The smallest absolute Gasteiger partial charge is 0.227 e. The lowest BCUT2D eigenvalue weighted by Crippen LogP contribution is -2.40. The molecular weight excluding hydrogens is 380 g/mol. The van der Waals surface area contributed by atoms with Crippen molar-refractivity contribution in [3.05, 3.63) is 24.2 Å². The molecule has 4 heterocycles. The summed E-state index contributed by atoms with van der Waals surface area (Å²) in [6.07, 6.45) is 6.63. The van der Waals surface area contributed by atoms with Crippen LogP contribution in [0.5, 0.6) is 0 Å². The Bertz CT molecular complexity index is 878. The number of rotatable bonds is 5. The first kappa shape index (κ1) is 19.5. The van der Waals surface area contributed by atoms with Crippen LogP contribution in [0.3, 0.4) is 0 Å². The Hall–Kier alpha value is -2.48. The highest BCUT2D eigenvalue weighted by molar-refractivity contribution is 5.80. The van der Waals surface area contributed by atoms with E-state index in [2.05, 4.69) is 29.8 Å². The van der Waals surface area contributed by atoms with E-state index in [1.807, 2.05) is 18.3 Å². The number of aryl methyl sites for hydroxylation is 1. The summed E-state index contributed by atoms with van der Waals surface area (Å²) in [7, 11) is 0. The summed E-state index contributed by atoms with van der Waals surface area (Å²) in [4.78, 5) is 28.8. The fourth-order valence-electron chi connectivity index (χ4n) is 4.60. The van der Waals surface area contributed by atoms with Gasteiger partial charge in [0.2, 0.25) is 17.6 Å². The predicted molar refractivity (Wildman–Crippen MR) is 113 cm³/mol. The number of anilines is 1. The number of amides is 1. The van der Waals surface area contributed by atoms with Gasteiger partial charge in [0.15, 0.2) is 0 Å². The van der Waals surface area contributed by atoms with Crippen LogP contribution in [0.15, 0.2) is 22.9 Å². The second kappa shape index (κ2) is 8.34. The topological polar surface area (TPSA) is 78.6 Å². The fraction of sp³-hybridized carbons (Fsp3) is 0.636. The minimum absolute atomic E-state index is 0.0829. The van der Waals surface area contributed by atoms with Crippen LogP contribution in [0.25, 0.3) is 11.5 Å². The van der Waals surface area contributed by atoms with E-state index in [0.717, 1.165) is 63.7 Å². The standard InChI is InChI=1S/C22H30N6O2/c1-16-24-21(25-30-16)20-6-5-19(13-23-20)28-10-7-18(15-28)22(29)27-9-2-8-26(11-12-27)14-17-3-4-17/h5-6,13,17-18H,2-4,7-12,14-15H2,1H3/t18-/m0/s1. The molecular formula is C22H30N6O2. The molecule has 2 aromatic heterocycles. The molecule has 5 rings (SSSR count). The number of nitrogens with zero attached hydrogens (tertiary/aromatic N) is 6. The predicted octanol–water partition coefficient (Wildman–Crippen LogP) is 2.21. The summed E-state index contributed by atoms with van der Waals surface area (Å²) in [6, 6.07) is 3.95. The average Bonchev–Trinajstić information content (AvgIpc) is 3.34. The highest BCUT2D eigenvalue weighted by Crippen LogP contribution is 2.30. The van der Waals surface area contributed by atoms with E-state index in [-0.39, 0.29) is 5.92 Å². The molecule has 8 nitrogen and oxygen atoms in total. The molecule has 0 N–H and O–H groups in total. The van der Waals surface area contributed by atoms with Gasteiger partial charge in [0, 0.05) is 46.2 Å². The van der Waals surface area contributed by atoms with Gasteiger partial charge in [-0.2, -0.15) is 4.98 Å². The molecule has 160 valence electrons. The molecule has 3 fully saturated rings. The normalized spacial score (nSPS) is 23.0. The number of hydrogen-bond donors (Lipinski definition) is 0. The van der Waals surface area contributed by atoms with Gasteiger partial charge < -0.3 is 19.2 Å². The van der Waals surface area contributed by atoms with E-state index in [1.54, 1.807) is 6.92 Å². The molecule has 1 amide bonds. The summed E-state index contributed by atoms with van der Waals surface area (Å²) in [5, 5.41) is 3.92. The zero-order valence-corrected chi connectivity index (χ0v) is 17.7. The van der Waals surface area contributed by atoms with Crippen molar-refractivity contribution in [3.8, 4) is 11.5 Å². The molecule has 0 bridgehead atoms. The third-order valence-electron chi connectivity index (χ3n) is 6.52. The molecule has 1 aliphatic carbocycles. The average molecular weight is 411 g/mol. The molecule has 0 unspecified atom stereocenters. The maximum Gasteiger partial charge on any atom is 0.227 e. The zero-order valence-electron chi connectivity index (χ0n) is 17.7. The van der Waals surface area contributed by atoms with Gasteiger partial charge in [0.05, 0.1) is 17.8 Å². The first-order valence-corrected chi connectivity index (χ1v) is 11.2. The van der Waals surface area contributed by atoms with Crippen LogP contribution in [0, 0.1) is 18.8 Å². The van der Waals surface area contributed by atoms with Crippen LogP contribution in [0.4, 0.5) is 5.69 Å². The molecule has 8 heteroatoms. The van der Waals surface area contributed by atoms with Crippen molar-refractivity contribution in [1.82, 2.24) is 24.9 Å². The zero-order chi connectivity index (χ0) is 20.5. The van der Waals surface area contributed by atoms with Gasteiger partial charge in [-0.3, -0.25) is 9.78 Å². The second-order valence-electron chi connectivity index (χ2n) is 8.89.